The van der Waals surface area contributed by atoms with Gasteiger partial charge in [0.1, 0.15) is 6.33 Å². The number of thioether (sulfide) groups is 1. The van der Waals surface area contributed by atoms with Crippen LogP contribution in [0.25, 0.3) is 5.69 Å². The highest BCUT2D eigenvalue weighted by molar-refractivity contribution is 7.99. The minimum atomic E-state index is -3.53. The third-order valence-corrected chi connectivity index (χ3v) is 7.54. The van der Waals surface area contributed by atoms with Gasteiger partial charge in [0.05, 0.1) is 10.6 Å². The summed E-state index contributed by atoms with van der Waals surface area (Å²) in [5.74, 6) is -0.132. The molecule has 1 aliphatic heterocycles. The fourth-order valence-electron chi connectivity index (χ4n) is 3.23. The van der Waals surface area contributed by atoms with Gasteiger partial charge >= 0.3 is 0 Å². The largest absolute Gasteiger partial charge is 0.325 e. The Morgan fingerprint density at radius 2 is 1.83 bits per heavy atom. The molecular formula is C20H21N5O3S2. The molecule has 0 aliphatic carbocycles. The summed E-state index contributed by atoms with van der Waals surface area (Å²) in [4.78, 5) is 12.6. The molecule has 156 valence electrons. The Kier molecular flexibility index (Phi) is 6.16. The van der Waals surface area contributed by atoms with Crippen LogP contribution in [0.4, 0.5) is 5.69 Å². The van der Waals surface area contributed by atoms with Crippen molar-refractivity contribution in [2.75, 3.05) is 24.2 Å². The number of benzene rings is 2. The monoisotopic (exact) mass is 443 g/mol. The number of carbonyl (C=O) groups is 1. The maximum absolute atomic E-state index is 12.7. The molecule has 1 aliphatic rings. The van der Waals surface area contributed by atoms with E-state index in [4.69, 9.17) is 0 Å². The van der Waals surface area contributed by atoms with Crippen LogP contribution in [0.1, 0.15) is 12.8 Å². The number of hydrogen-bond donors (Lipinski definition) is 1. The predicted octanol–water partition coefficient (Wildman–Crippen LogP) is 2.78. The van der Waals surface area contributed by atoms with Gasteiger partial charge in [0.15, 0.2) is 5.16 Å². The van der Waals surface area contributed by atoms with Crippen LogP contribution in [0.3, 0.4) is 0 Å². The number of para-hydroxylation sites is 1. The first-order valence-corrected chi connectivity index (χ1v) is 11.9. The van der Waals surface area contributed by atoms with Gasteiger partial charge in [0.2, 0.25) is 15.9 Å². The summed E-state index contributed by atoms with van der Waals surface area (Å²) in [6.45, 7) is 1.08. The van der Waals surface area contributed by atoms with E-state index in [1.165, 1.54) is 22.1 Å². The zero-order valence-corrected chi connectivity index (χ0v) is 17.8. The fourth-order valence-corrected chi connectivity index (χ4v) is 5.52. The topological polar surface area (TPSA) is 97.2 Å². The van der Waals surface area contributed by atoms with E-state index >= 15 is 0 Å². The normalized spacial score (nSPS) is 14.7. The first-order chi connectivity index (χ1) is 14.5. The second-order valence-electron chi connectivity index (χ2n) is 6.79. The molecule has 0 spiro atoms. The lowest BCUT2D eigenvalue weighted by Crippen LogP contribution is -2.28. The van der Waals surface area contributed by atoms with Gasteiger partial charge in [-0.3, -0.25) is 9.36 Å². The Hall–Kier alpha value is -2.69. The van der Waals surface area contributed by atoms with Gasteiger partial charge in [-0.15, -0.1) is 10.2 Å². The Balaban J connectivity index is 1.40. The van der Waals surface area contributed by atoms with E-state index in [1.54, 1.807) is 29.1 Å². The van der Waals surface area contributed by atoms with Crippen LogP contribution >= 0.6 is 11.8 Å². The quantitative estimate of drug-likeness (QED) is 0.564. The molecule has 8 nitrogen and oxygen atoms in total. The van der Waals surface area contributed by atoms with Gasteiger partial charge in [0.25, 0.3) is 0 Å². The first kappa shape index (κ1) is 20.6. The number of amides is 1. The van der Waals surface area contributed by atoms with Crippen LogP contribution in [0, 0.1) is 0 Å². The average molecular weight is 444 g/mol. The van der Waals surface area contributed by atoms with Gasteiger partial charge < -0.3 is 5.32 Å². The Morgan fingerprint density at radius 3 is 2.60 bits per heavy atom. The van der Waals surface area contributed by atoms with Gasteiger partial charge in [-0.05, 0) is 43.2 Å². The number of carbonyl (C=O) groups excluding carboxylic acids is 1. The smallest absolute Gasteiger partial charge is 0.243 e. The van der Waals surface area contributed by atoms with Crippen molar-refractivity contribution in [1.82, 2.24) is 19.1 Å². The fraction of sp³-hybridized carbons (Fsp3) is 0.250. The molecule has 4 rings (SSSR count). The highest BCUT2D eigenvalue weighted by Gasteiger charge is 2.27. The molecule has 1 aromatic heterocycles. The zero-order chi connectivity index (χ0) is 21.0. The lowest BCUT2D eigenvalue weighted by Gasteiger charge is -2.16. The first-order valence-electron chi connectivity index (χ1n) is 9.52. The molecule has 2 heterocycles. The second-order valence-corrected chi connectivity index (χ2v) is 9.68. The molecule has 0 saturated carbocycles. The van der Waals surface area contributed by atoms with Crippen molar-refractivity contribution in [3.05, 3.63) is 60.9 Å². The van der Waals surface area contributed by atoms with Crippen molar-refractivity contribution >= 4 is 33.4 Å². The number of aromatic nitrogens is 3. The molecule has 10 heteroatoms. The minimum absolute atomic E-state index is 0.120. The van der Waals surface area contributed by atoms with Crippen molar-refractivity contribution < 1.29 is 13.2 Å². The molecule has 1 saturated heterocycles. The van der Waals surface area contributed by atoms with Gasteiger partial charge in [-0.1, -0.05) is 36.0 Å². The summed E-state index contributed by atoms with van der Waals surface area (Å²) >= 11 is 1.26. The number of hydrogen-bond acceptors (Lipinski definition) is 6. The molecule has 0 atom stereocenters. The molecule has 30 heavy (non-hydrogen) atoms. The van der Waals surface area contributed by atoms with Crippen molar-refractivity contribution in [1.29, 1.82) is 0 Å². The van der Waals surface area contributed by atoms with Gasteiger partial charge in [0, 0.05) is 24.5 Å². The highest BCUT2D eigenvalue weighted by Crippen LogP contribution is 2.24. The number of nitrogens with zero attached hydrogens (tertiary/aromatic N) is 4. The standard InChI is InChI=1S/C20H21N5O3S2/c26-19(14-29-20-23-21-15-25(20)17-8-2-1-3-9-17)22-16-7-6-10-18(13-16)30(27,28)24-11-4-5-12-24/h1-3,6-10,13,15H,4-5,11-12,14H2,(H,22,26). The summed E-state index contributed by atoms with van der Waals surface area (Å²) in [7, 11) is -3.53. The van der Waals surface area contributed by atoms with Crippen LogP contribution in [-0.4, -0.2) is 52.2 Å². The van der Waals surface area contributed by atoms with E-state index in [0.717, 1.165) is 18.5 Å². The summed E-state index contributed by atoms with van der Waals surface area (Å²) in [6, 6.07) is 16.0. The lowest BCUT2D eigenvalue weighted by molar-refractivity contribution is -0.113. The molecular weight excluding hydrogens is 422 g/mol. The highest BCUT2D eigenvalue weighted by atomic mass is 32.2. The molecule has 1 N–H and O–H groups in total. The third-order valence-electron chi connectivity index (χ3n) is 4.70. The summed E-state index contributed by atoms with van der Waals surface area (Å²) in [6.07, 6.45) is 3.35. The van der Waals surface area contributed by atoms with Crippen molar-refractivity contribution in [3.63, 3.8) is 0 Å². The Morgan fingerprint density at radius 1 is 1.07 bits per heavy atom. The summed E-state index contributed by atoms with van der Waals surface area (Å²) in [5, 5.41) is 11.4. The van der Waals surface area contributed by atoms with E-state index < -0.39 is 10.0 Å². The number of sulfonamides is 1. The van der Waals surface area contributed by atoms with Crippen LogP contribution in [0.5, 0.6) is 0 Å². The van der Waals surface area contributed by atoms with E-state index in [1.807, 2.05) is 30.3 Å². The van der Waals surface area contributed by atoms with Crippen LogP contribution in [0.15, 0.2) is 71.0 Å². The van der Waals surface area contributed by atoms with Crippen molar-refractivity contribution in [3.8, 4) is 5.69 Å². The van der Waals surface area contributed by atoms with Crippen LogP contribution in [-0.2, 0) is 14.8 Å². The van der Waals surface area contributed by atoms with Crippen molar-refractivity contribution in [2.24, 2.45) is 0 Å². The second kappa shape index (κ2) is 8.99. The maximum Gasteiger partial charge on any atom is 0.243 e. The average Bonchev–Trinajstić information content (AvgIpc) is 3.45. The Labute approximate surface area is 179 Å². The summed E-state index contributed by atoms with van der Waals surface area (Å²) in [5.41, 5.74) is 1.36. The molecule has 1 amide bonds. The maximum atomic E-state index is 12.7. The predicted molar refractivity (Wildman–Crippen MR) is 115 cm³/mol. The van der Waals surface area contributed by atoms with E-state index in [9.17, 15) is 13.2 Å². The third kappa shape index (κ3) is 4.55. The molecule has 0 bridgehead atoms. The van der Waals surface area contributed by atoms with E-state index in [-0.39, 0.29) is 16.6 Å². The lowest BCUT2D eigenvalue weighted by atomic mass is 10.3. The molecule has 3 aromatic rings. The number of rotatable bonds is 7. The van der Waals surface area contributed by atoms with Crippen LogP contribution < -0.4 is 5.32 Å². The SMILES string of the molecule is O=C(CSc1nncn1-c1ccccc1)Nc1cccc(S(=O)(=O)N2CCCC2)c1. The molecule has 1 fully saturated rings. The number of nitrogens with one attached hydrogen (secondary N) is 1. The number of anilines is 1. The van der Waals surface area contributed by atoms with Crippen molar-refractivity contribution in [2.45, 2.75) is 22.9 Å². The van der Waals surface area contributed by atoms with Crippen LogP contribution in [0.2, 0.25) is 0 Å². The van der Waals surface area contributed by atoms with Gasteiger partial charge in [-0.2, -0.15) is 4.31 Å². The molecule has 0 unspecified atom stereocenters. The zero-order valence-electron chi connectivity index (χ0n) is 16.1. The summed E-state index contributed by atoms with van der Waals surface area (Å²) < 4.78 is 28.7. The Bertz CT molecular complexity index is 1130. The molecule has 0 radical (unpaired) electrons. The minimum Gasteiger partial charge on any atom is -0.325 e. The van der Waals surface area contributed by atoms with E-state index in [2.05, 4.69) is 15.5 Å². The van der Waals surface area contributed by atoms with Gasteiger partial charge in [-0.25, -0.2) is 8.42 Å². The van der Waals surface area contributed by atoms with E-state index in [0.29, 0.717) is 23.9 Å². The molecule has 2 aromatic carbocycles.